The Hall–Kier alpha value is -1.43. The molecule has 8 nitrogen and oxygen atoms in total. The van der Waals surface area contributed by atoms with Gasteiger partial charge in [-0.2, -0.15) is 4.98 Å². The lowest BCUT2D eigenvalue weighted by molar-refractivity contribution is 0.180. The Morgan fingerprint density at radius 1 is 1.25 bits per heavy atom. The average Bonchev–Trinajstić information content (AvgIpc) is 3.14. The molecule has 2 rings (SSSR count). The van der Waals surface area contributed by atoms with E-state index < -0.39 is 0 Å². The van der Waals surface area contributed by atoms with Gasteiger partial charge in [-0.05, 0) is 37.7 Å². The van der Waals surface area contributed by atoms with Gasteiger partial charge < -0.3 is 24.8 Å². The van der Waals surface area contributed by atoms with E-state index in [9.17, 15) is 0 Å². The summed E-state index contributed by atoms with van der Waals surface area (Å²) in [5.41, 5.74) is 0.855. The summed E-state index contributed by atoms with van der Waals surface area (Å²) in [5.74, 6) is 1.70. The standard InChI is InChI=1S/C18H27ClN6O2.HI/c1-20-18(21-9-11-25(2)10-4-12-26-3)22-13-16-23-17(24-27-16)14-5-7-15(19)8-6-14;/h5-8H,4,9-13H2,1-3H3,(H2,20,21,22);1H. The quantitative estimate of drug-likeness (QED) is 0.215. The molecule has 0 saturated carbocycles. The van der Waals surface area contributed by atoms with E-state index in [1.165, 1.54) is 0 Å². The van der Waals surface area contributed by atoms with Crippen LogP contribution in [0.25, 0.3) is 11.4 Å². The summed E-state index contributed by atoms with van der Waals surface area (Å²) in [7, 11) is 5.54. The van der Waals surface area contributed by atoms with Crippen molar-refractivity contribution in [3.8, 4) is 11.4 Å². The van der Waals surface area contributed by atoms with Crippen LogP contribution >= 0.6 is 35.6 Å². The number of aliphatic imine (C=N–C) groups is 1. The van der Waals surface area contributed by atoms with Gasteiger partial charge in [0.1, 0.15) is 0 Å². The summed E-state index contributed by atoms with van der Waals surface area (Å²) >= 11 is 5.89. The van der Waals surface area contributed by atoms with Crippen LogP contribution in [0.1, 0.15) is 12.3 Å². The van der Waals surface area contributed by atoms with Gasteiger partial charge in [0.25, 0.3) is 0 Å². The van der Waals surface area contributed by atoms with Crippen LogP contribution in [0, 0.1) is 0 Å². The molecule has 2 N–H and O–H groups in total. The molecule has 1 aromatic heterocycles. The highest BCUT2D eigenvalue weighted by Crippen LogP contribution is 2.18. The van der Waals surface area contributed by atoms with Crippen molar-refractivity contribution in [3.05, 3.63) is 35.2 Å². The number of guanidine groups is 1. The number of halogens is 2. The zero-order valence-corrected chi connectivity index (χ0v) is 19.5. The minimum atomic E-state index is 0. The van der Waals surface area contributed by atoms with Crippen LogP contribution in [-0.4, -0.2) is 68.4 Å². The molecule has 0 radical (unpaired) electrons. The summed E-state index contributed by atoms with van der Waals surface area (Å²) in [6, 6.07) is 7.30. The third-order valence-electron chi connectivity index (χ3n) is 3.88. The van der Waals surface area contributed by atoms with Gasteiger partial charge in [-0.25, -0.2) is 0 Å². The van der Waals surface area contributed by atoms with E-state index in [-0.39, 0.29) is 24.0 Å². The highest BCUT2D eigenvalue weighted by atomic mass is 127. The fourth-order valence-electron chi connectivity index (χ4n) is 2.38. The number of methoxy groups -OCH3 is 1. The Labute approximate surface area is 188 Å². The third kappa shape index (κ3) is 8.72. The maximum atomic E-state index is 5.89. The Bertz CT molecular complexity index is 710. The third-order valence-corrected chi connectivity index (χ3v) is 4.13. The molecule has 0 atom stereocenters. The highest BCUT2D eigenvalue weighted by molar-refractivity contribution is 14.0. The van der Waals surface area contributed by atoms with Crippen molar-refractivity contribution in [2.45, 2.75) is 13.0 Å². The van der Waals surface area contributed by atoms with Crippen molar-refractivity contribution in [2.24, 2.45) is 4.99 Å². The first-order valence-corrected chi connectivity index (χ1v) is 9.20. The number of nitrogens with one attached hydrogen (secondary N) is 2. The lowest BCUT2D eigenvalue weighted by Crippen LogP contribution is -2.40. The van der Waals surface area contributed by atoms with Gasteiger partial charge in [0, 0.05) is 51.0 Å². The minimum absolute atomic E-state index is 0. The summed E-state index contributed by atoms with van der Waals surface area (Å²) < 4.78 is 10.3. The van der Waals surface area contributed by atoms with Gasteiger partial charge >= 0.3 is 0 Å². The molecule has 1 aromatic carbocycles. The summed E-state index contributed by atoms with van der Waals surface area (Å²) in [6.07, 6.45) is 1.02. The van der Waals surface area contributed by atoms with Crippen molar-refractivity contribution in [3.63, 3.8) is 0 Å². The maximum absolute atomic E-state index is 5.89. The summed E-state index contributed by atoms with van der Waals surface area (Å²) in [6.45, 7) is 3.86. The van der Waals surface area contributed by atoms with Crippen LogP contribution in [0.4, 0.5) is 0 Å². The van der Waals surface area contributed by atoms with Gasteiger partial charge in [-0.15, -0.1) is 24.0 Å². The lowest BCUT2D eigenvalue weighted by atomic mass is 10.2. The second kappa shape index (κ2) is 13.7. The van der Waals surface area contributed by atoms with Crippen LogP contribution in [0.15, 0.2) is 33.8 Å². The number of benzene rings is 1. The molecule has 0 aliphatic rings. The molecule has 0 aliphatic carbocycles. The number of aromatic nitrogens is 2. The smallest absolute Gasteiger partial charge is 0.246 e. The van der Waals surface area contributed by atoms with E-state index in [0.29, 0.717) is 29.2 Å². The van der Waals surface area contributed by atoms with Crippen LogP contribution in [0.3, 0.4) is 0 Å². The van der Waals surface area contributed by atoms with Crippen LogP contribution < -0.4 is 10.6 Å². The molecule has 0 bridgehead atoms. The van der Waals surface area contributed by atoms with Gasteiger partial charge in [-0.1, -0.05) is 16.8 Å². The zero-order chi connectivity index (χ0) is 19.5. The van der Waals surface area contributed by atoms with Crippen LogP contribution in [-0.2, 0) is 11.3 Å². The molecule has 28 heavy (non-hydrogen) atoms. The Balaban J connectivity index is 0.00000392. The predicted octanol–water partition coefficient (Wildman–Crippen LogP) is 2.64. The first-order valence-electron chi connectivity index (χ1n) is 8.83. The average molecular weight is 523 g/mol. The van der Waals surface area contributed by atoms with Crippen molar-refractivity contribution in [1.29, 1.82) is 0 Å². The topological polar surface area (TPSA) is 87.8 Å². The number of hydrogen-bond donors (Lipinski definition) is 2. The van der Waals surface area contributed by atoms with E-state index >= 15 is 0 Å². The first kappa shape index (κ1) is 24.6. The SMILES string of the molecule is CN=C(NCCN(C)CCCOC)NCc1nc(-c2ccc(Cl)cc2)no1.I. The molecule has 0 saturated heterocycles. The molecule has 2 aromatic rings. The number of ether oxygens (including phenoxy) is 1. The van der Waals surface area contributed by atoms with Crippen molar-refractivity contribution in [2.75, 3.05) is 47.4 Å². The molecular weight excluding hydrogens is 495 g/mol. The minimum Gasteiger partial charge on any atom is -0.385 e. The molecular formula is C18H28ClIN6O2. The van der Waals surface area contributed by atoms with E-state index in [1.807, 2.05) is 12.1 Å². The molecule has 0 amide bonds. The molecule has 0 aliphatic heterocycles. The van der Waals surface area contributed by atoms with Crippen LogP contribution in [0.5, 0.6) is 0 Å². The van der Waals surface area contributed by atoms with Gasteiger partial charge in [0.2, 0.25) is 11.7 Å². The monoisotopic (exact) mass is 522 g/mol. The van der Waals surface area contributed by atoms with Gasteiger partial charge in [0.05, 0.1) is 6.54 Å². The summed E-state index contributed by atoms with van der Waals surface area (Å²) in [4.78, 5) is 10.8. The second-order valence-corrected chi connectivity index (χ2v) is 6.46. The van der Waals surface area contributed by atoms with Crippen molar-refractivity contribution >= 4 is 41.5 Å². The van der Waals surface area contributed by atoms with E-state index in [1.54, 1.807) is 26.3 Å². The van der Waals surface area contributed by atoms with E-state index in [0.717, 1.165) is 38.2 Å². The number of rotatable bonds is 10. The highest BCUT2D eigenvalue weighted by Gasteiger charge is 2.09. The number of nitrogens with zero attached hydrogens (tertiary/aromatic N) is 4. The fraction of sp³-hybridized carbons (Fsp3) is 0.500. The van der Waals surface area contributed by atoms with Crippen molar-refractivity contribution in [1.82, 2.24) is 25.7 Å². The molecule has 10 heteroatoms. The largest absolute Gasteiger partial charge is 0.385 e. The molecule has 156 valence electrons. The fourth-order valence-corrected chi connectivity index (χ4v) is 2.50. The molecule has 0 fully saturated rings. The Morgan fingerprint density at radius 2 is 2.00 bits per heavy atom. The Morgan fingerprint density at radius 3 is 2.68 bits per heavy atom. The number of likely N-dealkylation sites (N-methyl/N-ethyl adjacent to an activating group) is 1. The van der Waals surface area contributed by atoms with Crippen LogP contribution in [0.2, 0.25) is 5.02 Å². The number of hydrogen-bond acceptors (Lipinski definition) is 6. The molecule has 1 heterocycles. The second-order valence-electron chi connectivity index (χ2n) is 6.02. The maximum Gasteiger partial charge on any atom is 0.246 e. The van der Waals surface area contributed by atoms with E-state index in [2.05, 4.69) is 37.7 Å². The molecule has 0 spiro atoms. The zero-order valence-electron chi connectivity index (χ0n) is 16.4. The summed E-state index contributed by atoms with van der Waals surface area (Å²) in [5, 5.41) is 11.1. The van der Waals surface area contributed by atoms with Gasteiger partial charge in [-0.3, -0.25) is 4.99 Å². The lowest BCUT2D eigenvalue weighted by Gasteiger charge is -2.17. The Kier molecular flexibility index (Phi) is 12.0. The predicted molar refractivity (Wildman–Crippen MR) is 122 cm³/mol. The normalized spacial score (nSPS) is 11.4. The molecule has 0 unspecified atom stereocenters. The first-order chi connectivity index (χ1) is 13.1. The van der Waals surface area contributed by atoms with Gasteiger partial charge in [0.15, 0.2) is 5.96 Å². The van der Waals surface area contributed by atoms with E-state index in [4.69, 9.17) is 20.9 Å². The van der Waals surface area contributed by atoms with Crippen molar-refractivity contribution < 1.29 is 9.26 Å².